The molecule has 0 aromatic heterocycles. The summed E-state index contributed by atoms with van der Waals surface area (Å²) in [5.74, 6) is 0. The smallest absolute Gasteiger partial charge is 0.264 e. The van der Waals surface area contributed by atoms with Gasteiger partial charge in [0.1, 0.15) is 0 Å². The maximum atomic E-state index is 11.6. The quantitative estimate of drug-likeness (QED) is 0.529. The van der Waals surface area contributed by atoms with E-state index >= 15 is 0 Å². The third kappa shape index (κ3) is 5.64. The van der Waals surface area contributed by atoms with Crippen molar-refractivity contribution in [1.29, 1.82) is 0 Å². The minimum atomic E-state index is -3.40. The first-order chi connectivity index (χ1) is 8.20. The topological polar surface area (TPSA) is 80.8 Å². The Morgan fingerprint density at radius 1 is 1.17 bits per heavy atom. The number of nitrogens with zero attached hydrogens (tertiary/aromatic N) is 1. The number of piperidine rings is 1. The monoisotopic (exact) mass is 299 g/mol. The SMILES string of the molecule is CS(=O)(=O)OCCCC1CCCCN1S(C)(=O)=O. The second-order valence-electron chi connectivity index (χ2n) is 4.69. The Morgan fingerprint density at radius 2 is 1.83 bits per heavy atom. The molecular formula is C10H21NO5S2. The first-order valence-corrected chi connectivity index (χ1v) is 9.68. The lowest BCUT2D eigenvalue weighted by Gasteiger charge is -2.33. The summed E-state index contributed by atoms with van der Waals surface area (Å²) in [4.78, 5) is 0. The Kier molecular flexibility index (Phi) is 5.57. The highest BCUT2D eigenvalue weighted by Crippen LogP contribution is 2.23. The Labute approximate surface area is 109 Å². The molecule has 1 aliphatic rings. The molecule has 0 spiro atoms. The van der Waals surface area contributed by atoms with Gasteiger partial charge in [-0.2, -0.15) is 12.7 Å². The molecule has 1 heterocycles. The largest absolute Gasteiger partial charge is 0.270 e. The van der Waals surface area contributed by atoms with E-state index in [1.54, 1.807) is 0 Å². The molecule has 1 atom stereocenters. The molecule has 0 radical (unpaired) electrons. The highest BCUT2D eigenvalue weighted by molar-refractivity contribution is 7.88. The van der Waals surface area contributed by atoms with Crippen LogP contribution in [0.5, 0.6) is 0 Å². The molecule has 108 valence electrons. The number of sulfonamides is 1. The van der Waals surface area contributed by atoms with Gasteiger partial charge in [-0.3, -0.25) is 4.18 Å². The fourth-order valence-corrected chi connectivity index (χ4v) is 3.86. The highest BCUT2D eigenvalue weighted by Gasteiger charge is 2.28. The maximum Gasteiger partial charge on any atom is 0.264 e. The van der Waals surface area contributed by atoms with Gasteiger partial charge in [0.25, 0.3) is 10.1 Å². The van der Waals surface area contributed by atoms with E-state index in [9.17, 15) is 16.8 Å². The molecule has 0 bridgehead atoms. The van der Waals surface area contributed by atoms with Gasteiger partial charge < -0.3 is 0 Å². The lowest BCUT2D eigenvalue weighted by atomic mass is 10.0. The molecule has 8 heteroatoms. The van der Waals surface area contributed by atoms with Crippen LogP contribution >= 0.6 is 0 Å². The van der Waals surface area contributed by atoms with Gasteiger partial charge in [-0.15, -0.1) is 0 Å². The second-order valence-corrected chi connectivity index (χ2v) is 8.27. The van der Waals surface area contributed by atoms with Crippen LogP contribution in [0.3, 0.4) is 0 Å². The van der Waals surface area contributed by atoms with Crippen molar-refractivity contribution in [2.45, 2.75) is 38.1 Å². The Morgan fingerprint density at radius 3 is 2.39 bits per heavy atom. The third-order valence-electron chi connectivity index (χ3n) is 2.98. The van der Waals surface area contributed by atoms with Crippen LogP contribution in [0.4, 0.5) is 0 Å². The van der Waals surface area contributed by atoms with Gasteiger partial charge in [0, 0.05) is 12.6 Å². The molecule has 1 unspecified atom stereocenters. The van der Waals surface area contributed by atoms with Crippen molar-refractivity contribution >= 4 is 20.1 Å². The van der Waals surface area contributed by atoms with Gasteiger partial charge in [-0.1, -0.05) is 6.42 Å². The van der Waals surface area contributed by atoms with Crippen molar-refractivity contribution in [2.75, 3.05) is 25.7 Å². The predicted molar refractivity (Wildman–Crippen MR) is 69.2 cm³/mol. The average molecular weight is 299 g/mol. The van der Waals surface area contributed by atoms with Crippen LogP contribution in [-0.2, 0) is 24.3 Å². The minimum absolute atomic E-state index is 0.0167. The predicted octanol–water partition coefficient (Wildman–Crippen LogP) is 0.557. The van der Waals surface area contributed by atoms with E-state index in [4.69, 9.17) is 0 Å². The summed E-state index contributed by atoms with van der Waals surface area (Å²) in [7, 11) is -6.57. The van der Waals surface area contributed by atoms with Gasteiger partial charge in [0.15, 0.2) is 0 Å². The van der Waals surface area contributed by atoms with Crippen molar-refractivity contribution in [3.8, 4) is 0 Å². The summed E-state index contributed by atoms with van der Waals surface area (Å²) in [5.41, 5.74) is 0. The first kappa shape index (κ1) is 15.9. The van der Waals surface area contributed by atoms with E-state index in [0.29, 0.717) is 19.4 Å². The van der Waals surface area contributed by atoms with Crippen molar-refractivity contribution < 1.29 is 21.0 Å². The van der Waals surface area contributed by atoms with E-state index in [0.717, 1.165) is 25.5 Å². The summed E-state index contributed by atoms with van der Waals surface area (Å²) in [6.07, 6.45) is 6.17. The van der Waals surface area contributed by atoms with Crippen molar-refractivity contribution in [3.05, 3.63) is 0 Å². The van der Waals surface area contributed by atoms with Crippen LogP contribution in [0.1, 0.15) is 32.1 Å². The number of hydrogen-bond acceptors (Lipinski definition) is 5. The average Bonchev–Trinajstić information content (AvgIpc) is 2.22. The van der Waals surface area contributed by atoms with Gasteiger partial charge >= 0.3 is 0 Å². The summed E-state index contributed by atoms with van der Waals surface area (Å²) in [5, 5.41) is 0. The number of rotatable bonds is 6. The summed E-state index contributed by atoms with van der Waals surface area (Å²) >= 11 is 0. The summed E-state index contributed by atoms with van der Waals surface area (Å²) in [6.45, 7) is 0.684. The molecule has 1 fully saturated rings. The molecular weight excluding hydrogens is 278 g/mol. The molecule has 0 amide bonds. The zero-order valence-electron chi connectivity index (χ0n) is 10.8. The molecule has 1 rings (SSSR count). The summed E-state index contributed by atoms with van der Waals surface area (Å²) in [6, 6.07) is -0.0167. The standard InChI is InChI=1S/C10H21NO5S2/c1-17(12,13)11-8-4-3-6-10(11)7-5-9-16-18(2,14)15/h10H,3-9H2,1-2H3. The van der Waals surface area contributed by atoms with Crippen molar-refractivity contribution in [1.82, 2.24) is 4.31 Å². The zero-order valence-corrected chi connectivity index (χ0v) is 12.5. The fraction of sp³-hybridized carbons (Fsp3) is 1.00. The van der Waals surface area contributed by atoms with Crippen LogP contribution < -0.4 is 0 Å². The van der Waals surface area contributed by atoms with Gasteiger partial charge in [0.2, 0.25) is 10.0 Å². The fourth-order valence-electron chi connectivity index (χ4n) is 2.23. The van der Waals surface area contributed by atoms with Crippen LogP contribution in [0.25, 0.3) is 0 Å². The molecule has 0 saturated carbocycles. The summed E-state index contributed by atoms with van der Waals surface area (Å²) < 4.78 is 50.9. The molecule has 1 saturated heterocycles. The third-order valence-corrected chi connectivity index (χ3v) is 4.91. The molecule has 0 N–H and O–H groups in total. The zero-order chi connectivity index (χ0) is 13.8. The molecule has 0 aliphatic carbocycles. The first-order valence-electron chi connectivity index (χ1n) is 6.01. The highest BCUT2D eigenvalue weighted by atomic mass is 32.2. The Balaban J connectivity index is 2.44. The van der Waals surface area contributed by atoms with Gasteiger partial charge in [-0.05, 0) is 25.7 Å². The molecule has 18 heavy (non-hydrogen) atoms. The molecule has 0 aromatic carbocycles. The Bertz CT molecular complexity index is 457. The lowest BCUT2D eigenvalue weighted by Crippen LogP contribution is -2.43. The van der Waals surface area contributed by atoms with Crippen molar-refractivity contribution in [2.24, 2.45) is 0 Å². The van der Waals surface area contributed by atoms with Crippen LogP contribution in [0.15, 0.2) is 0 Å². The van der Waals surface area contributed by atoms with Gasteiger partial charge in [0.05, 0.1) is 19.1 Å². The van der Waals surface area contributed by atoms with E-state index < -0.39 is 20.1 Å². The van der Waals surface area contributed by atoms with E-state index in [2.05, 4.69) is 4.18 Å². The second kappa shape index (κ2) is 6.31. The lowest BCUT2D eigenvalue weighted by molar-refractivity contribution is 0.222. The molecule has 0 aromatic rings. The van der Waals surface area contributed by atoms with Crippen LogP contribution in [0, 0.1) is 0 Å². The van der Waals surface area contributed by atoms with E-state index in [-0.39, 0.29) is 12.6 Å². The van der Waals surface area contributed by atoms with E-state index in [1.165, 1.54) is 10.6 Å². The van der Waals surface area contributed by atoms with E-state index in [1.807, 2.05) is 0 Å². The number of hydrogen-bond donors (Lipinski definition) is 0. The maximum absolute atomic E-state index is 11.6. The molecule has 1 aliphatic heterocycles. The molecule has 6 nitrogen and oxygen atoms in total. The normalized spacial score (nSPS) is 23.1. The van der Waals surface area contributed by atoms with Crippen LogP contribution in [0.2, 0.25) is 0 Å². The van der Waals surface area contributed by atoms with Crippen LogP contribution in [-0.4, -0.2) is 52.8 Å². The minimum Gasteiger partial charge on any atom is -0.270 e. The van der Waals surface area contributed by atoms with Gasteiger partial charge in [-0.25, -0.2) is 8.42 Å². The Hall–Kier alpha value is -0.180. The van der Waals surface area contributed by atoms with Crippen molar-refractivity contribution in [3.63, 3.8) is 0 Å².